The highest BCUT2D eigenvalue weighted by Crippen LogP contribution is 2.19. The molecule has 0 fully saturated rings. The molecule has 0 atom stereocenters. The van der Waals surface area contributed by atoms with Crippen LogP contribution in [0.2, 0.25) is 0 Å². The maximum atomic E-state index is 11.1. The Hall–Kier alpha value is -1.95. The summed E-state index contributed by atoms with van der Waals surface area (Å²) in [6.07, 6.45) is 1.55. The van der Waals surface area contributed by atoms with E-state index in [2.05, 4.69) is 19.9 Å². The molecular weight excluding hydrogens is 238 g/mol. The number of carbonyl (C=O) groups excluding carboxylic acids is 1. The maximum Gasteiger partial charge on any atom is 0.374 e. The van der Waals surface area contributed by atoms with Crippen molar-refractivity contribution >= 4 is 17.1 Å². The van der Waals surface area contributed by atoms with Crippen molar-refractivity contribution in [3.05, 3.63) is 36.5 Å². The summed E-state index contributed by atoms with van der Waals surface area (Å²) in [6, 6.07) is 9.56. The van der Waals surface area contributed by atoms with Gasteiger partial charge >= 0.3 is 5.30 Å². The first-order valence-electron chi connectivity index (χ1n) is 4.80. The minimum Gasteiger partial charge on any atom is -0.461 e. The standard InChI is InChI=1S/C11H9N3O2S/c1-16-11(15)17-10-13-9(7-12-14-10)8-5-3-2-4-6-8/h2-7H,1H3. The van der Waals surface area contributed by atoms with E-state index in [-0.39, 0.29) is 5.16 Å². The van der Waals surface area contributed by atoms with Crippen LogP contribution in [-0.4, -0.2) is 27.6 Å². The van der Waals surface area contributed by atoms with Gasteiger partial charge in [-0.15, -0.1) is 5.10 Å². The largest absolute Gasteiger partial charge is 0.461 e. The predicted octanol–water partition coefficient (Wildman–Crippen LogP) is 2.40. The SMILES string of the molecule is COC(=O)Sc1nncc(-c2ccccc2)n1. The van der Waals surface area contributed by atoms with Gasteiger partial charge in [-0.3, -0.25) is 0 Å². The van der Waals surface area contributed by atoms with E-state index in [0.29, 0.717) is 5.69 Å². The van der Waals surface area contributed by atoms with E-state index >= 15 is 0 Å². The summed E-state index contributed by atoms with van der Waals surface area (Å²) in [5, 5.41) is 7.38. The van der Waals surface area contributed by atoms with Crippen LogP contribution in [0.4, 0.5) is 4.79 Å². The molecule has 0 aliphatic carbocycles. The average molecular weight is 247 g/mol. The summed E-state index contributed by atoms with van der Waals surface area (Å²) in [5.41, 5.74) is 1.60. The molecule has 0 unspecified atom stereocenters. The Balaban J connectivity index is 2.26. The fourth-order valence-electron chi connectivity index (χ4n) is 1.19. The van der Waals surface area contributed by atoms with Crippen LogP contribution >= 0.6 is 11.8 Å². The summed E-state index contributed by atoms with van der Waals surface area (Å²) < 4.78 is 4.52. The Bertz CT molecular complexity index is 519. The molecule has 86 valence electrons. The van der Waals surface area contributed by atoms with E-state index in [1.807, 2.05) is 30.3 Å². The smallest absolute Gasteiger partial charge is 0.374 e. The Kier molecular flexibility index (Phi) is 3.66. The summed E-state index contributed by atoms with van der Waals surface area (Å²) >= 11 is 0.807. The lowest BCUT2D eigenvalue weighted by molar-refractivity contribution is 0.200. The van der Waals surface area contributed by atoms with Crippen LogP contribution in [-0.2, 0) is 4.74 Å². The number of ether oxygens (including phenoxy) is 1. The number of benzene rings is 1. The third kappa shape index (κ3) is 3.01. The van der Waals surface area contributed by atoms with Gasteiger partial charge in [0.15, 0.2) is 0 Å². The fraction of sp³-hybridized carbons (Fsp3) is 0.0909. The van der Waals surface area contributed by atoms with E-state index in [0.717, 1.165) is 17.3 Å². The quantitative estimate of drug-likeness (QED) is 0.599. The van der Waals surface area contributed by atoms with Gasteiger partial charge in [-0.2, -0.15) is 5.10 Å². The van der Waals surface area contributed by atoms with E-state index in [1.165, 1.54) is 7.11 Å². The molecule has 6 heteroatoms. The summed E-state index contributed by atoms with van der Waals surface area (Å²) in [7, 11) is 1.31. The lowest BCUT2D eigenvalue weighted by Crippen LogP contribution is -1.97. The zero-order chi connectivity index (χ0) is 12.1. The first-order chi connectivity index (χ1) is 8.29. The van der Waals surface area contributed by atoms with Crippen LogP contribution in [0.5, 0.6) is 0 Å². The highest BCUT2D eigenvalue weighted by Gasteiger charge is 2.09. The molecule has 1 aromatic carbocycles. The second kappa shape index (κ2) is 5.40. The number of carbonyl (C=O) groups is 1. The summed E-state index contributed by atoms with van der Waals surface area (Å²) in [4.78, 5) is 15.3. The molecule has 0 spiro atoms. The Labute approximate surface area is 102 Å². The van der Waals surface area contributed by atoms with Crippen molar-refractivity contribution in [2.75, 3.05) is 7.11 Å². The number of rotatable bonds is 2. The van der Waals surface area contributed by atoms with Gasteiger partial charge in [-0.1, -0.05) is 30.3 Å². The fourth-order valence-corrected chi connectivity index (χ4v) is 1.66. The number of methoxy groups -OCH3 is 1. The van der Waals surface area contributed by atoms with Crippen molar-refractivity contribution in [1.29, 1.82) is 0 Å². The van der Waals surface area contributed by atoms with Crippen molar-refractivity contribution in [1.82, 2.24) is 15.2 Å². The topological polar surface area (TPSA) is 65.0 Å². The zero-order valence-corrected chi connectivity index (χ0v) is 9.85. The molecule has 0 bridgehead atoms. The van der Waals surface area contributed by atoms with Crippen molar-refractivity contribution in [2.45, 2.75) is 5.16 Å². The molecule has 2 aromatic rings. The van der Waals surface area contributed by atoms with Crippen molar-refractivity contribution in [3.63, 3.8) is 0 Å². The van der Waals surface area contributed by atoms with Crippen LogP contribution < -0.4 is 0 Å². The third-order valence-corrected chi connectivity index (χ3v) is 2.64. The molecule has 5 nitrogen and oxygen atoms in total. The summed E-state index contributed by atoms with van der Waals surface area (Å²) in [6.45, 7) is 0. The second-order valence-corrected chi connectivity index (χ2v) is 3.95. The van der Waals surface area contributed by atoms with Gasteiger partial charge in [-0.05, 0) is 0 Å². The van der Waals surface area contributed by atoms with Crippen LogP contribution in [0.1, 0.15) is 0 Å². The first kappa shape index (κ1) is 11.5. The van der Waals surface area contributed by atoms with Gasteiger partial charge in [0, 0.05) is 17.3 Å². The molecule has 0 amide bonds. The number of aromatic nitrogens is 3. The van der Waals surface area contributed by atoms with E-state index in [4.69, 9.17) is 0 Å². The van der Waals surface area contributed by atoms with E-state index in [9.17, 15) is 4.79 Å². The van der Waals surface area contributed by atoms with Gasteiger partial charge in [0.25, 0.3) is 0 Å². The lowest BCUT2D eigenvalue weighted by atomic mass is 10.2. The minimum atomic E-state index is -0.461. The number of hydrogen-bond donors (Lipinski definition) is 0. The molecule has 0 aliphatic heterocycles. The van der Waals surface area contributed by atoms with Gasteiger partial charge in [-0.25, -0.2) is 9.78 Å². The average Bonchev–Trinajstić information content (AvgIpc) is 2.40. The predicted molar refractivity (Wildman–Crippen MR) is 63.5 cm³/mol. The normalized spacial score (nSPS) is 9.94. The monoisotopic (exact) mass is 247 g/mol. The lowest BCUT2D eigenvalue weighted by Gasteiger charge is -2.01. The summed E-state index contributed by atoms with van der Waals surface area (Å²) in [5.74, 6) is 0. The van der Waals surface area contributed by atoms with E-state index < -0.39 is 5.30 Å². The Morgan fingerprint density at radius 3 is 2.76 bits per heavy atom. The minimum absolute atomic E-state index is 0.276. The van der Waals surface area contributed by atoms with Gasteiger partial charge in [0.1, 0.15) is 0 Å². The second-order valence-electron chi connectivity index (χ2n) is 3.05. The molecule has 2 rings (SSSR count). The number of nitrogens with zero attached hydrogens (tertiary/aromatic N) is 3. The highest BCUT2D eigenvalue weighted by molar-refractivity contribution is 8.13. The first-order valence-corrected chi connectivity index (χ1v) is 5.62. The van der Waals surface area contributed by atoms with Gasteiger partial charge in [0.2, 0.25) is 5.16 Å². The molecule has 0 saturated carbocycles. The van der Waals surface area contributed by atoms with Crippen molar-refractivity contribution in [3.8, 4) is 11.3 Å². The third-order valence-electron chi connectivity index (χ3n) is 1.95. The number of thioether (sulfide) groups is 1. The van der Waals surface area contributed by atoms with Gasteiger partial charge < -0.3 is 4.74 Å². The van der Waals surface area contributed by atoms with Gasteiger partial charge in [0.05, 0.1) is 19.0 Å². The molecule has 0 saturated heterocycles. The molecule has 0 radical (unpaired) electrons. The highest BCUT2D eigenvalue weighted by atomic mass is 32.2. The van der Waals surface area contributed by atoms with Crippen LogP contribution in [0.25, 0.3) is 11.3 Å². The molecule has 1 aromatic heterocycles. The van der Waals surface area contributed by atoms with Crippen LogP contribution in [0, 0.1) is 0 Å². The molecule has 0 aliphatic rings. The van der Waals surface area contributed by atoms with Crippen LogP contribution in [0.3, 0.4) is 0 Å². The van der Waals surface area contributed by atoms with Crippen molar-refractivity contribution in [2.24, 2.45) is 0 Å². The number of hydrogen-bond acceptors (Lipinski definition) is 6. The molecule has 1 heterocycles. The van der Waals surface area contributed by atoms with Crippen molar-refractivity contribution < 1.29 is 9.53 Å². The van der Waals surface area contributed by atoms with E-state index in [1.54, 1.807) is 6.20 Å². The molecular formula is C11H9N3O2S. The molecule has 17 heavy (non-hydrogen) atoms. The Morgan fingerprint density at radius 1 is 1.29 bits per heavy atom. The zero-order valence-electron chi connectivity index (χ0n) is 9.03. The van der Waals surface area contributed by atoms with Crippen LogP contribution in [0.15, 0.2) is 41.7 Å². The Morgan fingerprint density at radius 2 is 2.06 bits per heavy atom. The maximum absolute atomic E-state index is 11.1. The molecule has 0 N–H and O–H groups in total.